The summed E-state index contributed by atoms with van der Waals surface area (Å²) in [5.41, 5.74) is 0.886. The Balaban J connectivity index is 1.84. The summed E-state index contributed by atoms with van der Waals surface area (Å²) >= 11 is 12.1. The quantitative estimate of drug-likeness (QED) is 0.898. The van der Waals surface area contributed by atoms with Gasteiger partial charge in [0, 0.05) is 22.2 Å². The Morgan fingerprint density at radius 3 is 2.69 bits per heavy atom. The normalized spacial score (nSPS) is 20.2. The van der Waals surface area contributed by atoms with Crippen molar-refractivity contribution < 1.29 is 4.74 Å². The van der Waals surface area contributed by atoms with E-state index < -0.39 is 0 Å². The van der Waals surface area contributed by atoms with Gasteiger partial charge in [-0.3, -0.25) is 0 Å². The van der Waals surface area contributed by atoms with Crippen LogP contribution < -0.4 is 5.32 Å². The molecule has 1 fully saturated rings. The summed E-state index contributed by atoms with van der Waals surface area (Å²) < 4.78 is 5.66. The van der Waals surface area contributed by atoms with E-state index in [0.717, 1.165) is 25.3 Å². The van der Waals surface area contributed by atoms with Crippen molar-refractivity contribution in [3.63, 3.8) is 0 Å². The molecule has 88 valence electrons. The van der Waals surface area contributed by atoms with E-state index in [-0.39, 0.29) is 0 Å². The van der Waals surface area contributed by atoms with Crippen molar-refractivity contribution in [3.05, 3.63) is 33.8 Å². The monoisotopic (exact) mass is 259 g/mol. The smallest absolute Gasteiger partial charge is 0.0746 e. The van der Waals surface area contributed by atoms with Gasteiger partial charge in [-0.2, -0.15) is 0 Å². The molecule has 1 heterocycles. The molecule has 0 aliphatic carbocycles. The zero-order chi connectivity index (χ0) is 11.4. The largest absolute Gasteiger partial charge is 0.376 e. The molecule has 1 aromatic rings. The molecule has 4 heteroatoms. The standard InChI is InChI=1S/C12H15Cl2NO/c13-11-2-1-3-12(14)10(11)8-16-7-9-4-5-15-6-9/h1-3,9,15H,4-8H2. The minimum atomic E-state index is 0.495. The van der Waals surface area contributed by atoms with Crippen molar-refractivity contribution in [2.75, 3.05) is 19.7 Å². The van der Waals surface area contributed by atoms with Crippen LogP contribution in [0.5, 0.6) is 0 Å². The maximum Gasteiger partial charge on any atom is 0.0746 e. The average molecular weight is 260 g/mol. The van der Waals surface area contributed by atoms with Crippen LogP contribution in [0.15, 0.2) is 18.2 Å². The summed E-state index contributed by atoms with van der Waals surface area (Å²) in [5, 5.41) is 4.67. The molecular weight excluding hydrogens is 245 g/mol. The van der Waals surface area contributed by atoms with Gasteiger partial charge < -0.3 is 10.1 Å². The lowest BCUT2D eigenvalue weighted by atomic mass is 10.1. The minimum absolute atomic E-state index is 0.495. The molecular formula is C12H15Cl2NO. The van der Waals surface area contributed by atoms with Crippen LogP contribution in [0.4, 0.5) is 0 Å². The zero-order valence-electron chi connectivity index (χ0n) is 9.01. The van der Waals surface area contributed by atoms with Gasteiger partial charge in [-0.05, 0) is 31.0 Å². The summed E-state index contributed by atoms with van der Waals surface area (Å²) in [6, 6.07) is 5.52. The van der Waals surface area contributed by atoms with Gasteiger partial charge in [0.1, 0.15) is 0 Å². The molecule has 2 nitrogen and oxygen atoms in total. The molecule has 0 spiro atoms. The van der Waals surface area contributed by atoms with Crippen LogP contribution in [0.2, 0.25) is 10.0 Å². The second kappa shape index (κ2) is 5.87. The fourth-order valence-electron chi connectivity index (χ4n) is 1.85. The first-order chi connectivity index (χ1) is 7.77. The van der Waals surface area contributed by atoms with Crippen molar-refractivity contribution >= 4 is 23.2 Å². The third-order valence-electron chi connectivity index (χ3n) is 2.82. The van der Waals surface area contributed by atoms with Crippen molar-refractivity contribution in [2.24, 2.45) is 5.92 Å². The van der Waals surface area contributed by atoms with Crippen molar-refractivity contribution in [3.8, 4) is 0 Å². The maximum absolute atomic E-state index is 6.05. The van der Waals surface area contributed by atoms with Crippen molar-refractivity contribution in [1.82, 2.24) is 5.32 Å². The van der Waals surface area contributed by atoms with E-state index in [0.29, 0.717) is 22.6 Å². The Morgan fingerprint density at radius 2 is 2.06 bits per heavy atom. The van der Waals surface area contributed by atoms with Crippen LogP contribution in [0.1, 0.15) is 12.0 Å². The molecule has 16 heavy (non-hydrogen) atoms. The first-order valence-corrected chi connectivity index (χ1v) is 6.24. The highest BCUT2D eigenvalue weighted by Crippen LogP contribution is 2.25. The zero-order valence-corrected chi connectivity index (χ0v) is 10.5. The van der Waals surface area contributed by atoms with E-state index in [2.05, 4.69) is 5.32 Å². The summed E-state index contributed by atoms with van der Waals surface area (Å²) in [5.74, 6) is 0.626. The summed E-state index contributed by atoms with van der Waals surface area (Å²) in [7, 11) is 0. The third kappa shape index (κ3) is 3.11. The third-order valence-corrected chi connectivity index (χ3v) is 3.53. The molecule has 1 aromatic carbocycles. The number of halogens is 2. The van der Waals surface area contributed by atoms with E-state index >= 15 is 0 Å². The fourth-order valence-corrected chi connectivity index (χ4v) is 2.36. The molecule has 2 rings (SSSR count). The first-order valence-electron chi connectivity index (χ1n) is 5.48. The maximum atomic E-state index is 6.05. The average Bonchev–Trinajstić information content (AvgIpc) is 2.75. The van der Waals surface area contributed by atoms with E-state index in [4.69, 9.17) is 27.9 Å². The van der Waals surface area contributed by atoms with Gasteiger partial charge in [0.2, 0.25) is 0 Å². The summed E-state index contributed by atoms with van der Waals surface area (Å²) in [6.07, 6.45) is 1.19. The second-order valence-corrected chi connectivity index (χ2v) is 4.89. The summed E-state index contributed by atoms with van der Waals surface area (Å²) in [6.45, 7) is 3.42. The van der Waals surface area contributed by atoms with E-state index in [1.165, 1.54) is 6.42 Å². The number of ether oxygens (including phenoxy) is 1. The number of hydrogen-bond donors (Lipinski definition) is 1. The predicted molar refractivity (Wildman–Crippen MR) is 67.1 cm³/mol. The van der Waals surface area contributed by atoms with E-state index in [1.54, 1.807) is 0 Å². The molecule has 1 N–H and O–H groups in total. The van der Waals surface area contributed by atoms with Crippen LogP contribution in [-0.4, -0.2) is 19.7 Å². The molecule has 1 aliphatic rings. The molecule has 1 saturated heterocycles. The lowest BCUT2D eigenvalue weighted by molar-refractivity contribution is 0.0926. The highest BCUT2D eigenvalue weighted by molar-refractivity contribution is 6.35. The Bertz CT molecular complexity index is 331. The predicted octanol–water partition coefficient (Wildman–Crippen LogP) is 3.12. The lowest BCUT2D eigenvalue weighted by Gasteiger charge is -2.11. The Hall–Kier alpha value is -0.280. The fraction of sp³-hybridized carbons (Fsp3) is 0.500. The number of benzene rings is 1. The van der Waals surface area contributed by atoms with Gasteiger partial charge >= 0.3 is 0 Å². The molecule has 0 bridgehead atoms. The van der Waals surface area contributed by atoms with Crippen molar-refractivity contribution in [2.45, 2.75) is 13.0 Å². The molecule has 0 amide bonds. The first kappa shape index (κ1) is 12.2. The van der Waals surface area contributed by atoms with Crippen LogP contribution in [-0.2, 0) is 11.3 Å². The molecule has 0 radical (unpaired) electrons. The summed E-state index contributed by atoms with van der Waals surface area (Å²) in [4.78, 5) is 0. The molecule has 0 aromatic heterocycles. The molecule has 1 unspecified atom stereocenters. The van der Waals surface area contributed by atoms with Gasteiger partial charge in [-0.25, -0.2) is 0 Å². The molecule has 1 aliphatic heterocycles. The molecule has 1 atom stereocenters. The van der Waals surface area contributed by atoms with Gasteiger partial charge in [0.15, 0.2) is 0 Å². The van der Waals surface area contributed by atoms with E-state index in [1.807, 2.05) is 18.2 Å². The van der Waals surface area contributed by atoms with Crippen LogP contribution in [0.25, 0.3) is 0 Å². The van der Waals surface area contributed by atoms with Crippen LogP contribution in [0.3, 0.4) is 0 Å². The Morgan fingerprint density at radius 1 is 1.31 bits per heavy atom. The Kier molecular flexibility index (Phi) is 4.47. The molecule has 0 saturated carbocycles. The van der Waals surface area contributed by atoms with Gasteiger partial charge in [-0.1, -0.05) is 29.3 Å². The highest BCUT2D eigenvalue weighted by atomic mass is 35.5. The van der Waals surface area contributed by atoms with Gasteiger partial charge in [0.05, 0.1) is 13.2 Å². The second-order valence-electron chi connectivity index (χ2n) is 4.07. The SMILES string of the molecule is Clc1cccc(Cl)c1COCC1CCNC1. The topological polar surface area (TPSA) is 21.3 Å². The minimum Gasteiger partial charge on any atom is -0.376 e. The highest BCUT2D eigenvalue weighted by Gasteiger charge is 2.14. The van der Waals surface area contributed by atoms with Gasteiger partial charge in [0.25, 0.3) is 0 Å². The lowest BCUT2D eigenvalue weighted by Crippen LogP contribution is -2.13. The number of rotatable bonds is 4. The number of hydrogen-bond acceptors (Lipinski definition) is 2. The van der Waals surface area contributed by atoms with Crippen LogP contribution >= 0.6 is 23.2 Å². The van der Waals surface area contributed by atoms with E-state index in [9.17, 15) is 0 Å². The number of nitrogens with one attached hydrogen (secondary N) is 1. The Labute approximate surface area is 106 Å². The van der Waals surface area contributed by atoms with Crippen molar-refractivity contribution in [1.29, 1.82) is 0 Å². The van der Waals surface area contributed by atoms with Crippen LogP contribution in [0, 0.1) is 5.92 Å². The van der Waals surface area contributed by atoms with Gasteiger partial charge in [-0.15, -0.1) is 0 Å².